The fourth-order valence-corrected chi connectivity index (χ4v) is 5.23. The normalized spacial score (nSPS) is 17.9. The van der Waals surface area contributed by atoms with Crippen molar-refractivity contribution in [1.29, 1.82) is 0 Å². The van der Waals surface area contributed by atoms with E-state index in [1.165, 1.54) is 10.6 Å². The van der Waals surface area contributed by atoms with Crippen molar-refractivity contribution in [3.05, 3.63) is 46.4 Å². The molecule has 0 spiro atoms. The van der Waals surface area contributed by atoms with Gasteiger partial charge in [-0.25, -0.2) is 8.42 Å². The van der Waals surface area contributed by atoms with Gasteiger partial charge in [-0.05, 0) is 36.4 Å². The number of hydrogen-bond acceptors (Lipinski definition) is 4. The Labute approximate surface area is 180 Å². The minimum absolute atomic E-state index is 0.426. The number of β-amino-alcohol motifs (C(OH)–C–C–N with tert-alkyl or cyclic N) is 1. The summed E-state index contributed by atoms with van der Waals surface area (Å²) < 4.78 is 26.9. The quantitative estimate of drug-likeness (QED) is 0.641. The van der Waals surface area contributed by atoms with Gasteiger partial charge < -0.3 is 9.67 Å². The maximum absolute atomic E-state index is 11.7. The molecule has 1 N–H and O–H groups in total. The van der Waals surface area contributed by atoms with Crippen molar-refractivity contribution in [3.63, 3.8) is 0 Å². The molecule has 2 aromatic carbocycles. The zero-order valence-corrected chi connectivity index (χ0v) is 18.4. The molecule has 1 saturated heterocycles. The van der Waals surface area contributed by atoms with Gasteiger partial charge in [0, 0.05) is 64.6 Å². The largest absolute Gasteiger partial charge is 0.390 e. The number of benzene rings is 2. The first-order valence-electron chi connectivity index (χ1n) is 9.45. The van der Waals surface area contributed by atoms with Gasteiger partial charge in [-0.3, -0.25) is 4.90 Å². The number of hydrogen-bond donors (Lipinski definition) is 1. The van der Waals surface area contributed by atoms with Crippen molar-refractivity contribution in [2.24, 2.45) is 0 Å². The predicted molar refractivity (Wildman–Crippen MR) is 118 cm³/mol. The molecule has 1 aliphatic heterocycles. The van der Waals surface area contributed by atoms with Gasteiger partial charge in [-0.2, -0.15) is 4.31 Å². The standard InChI is InChI=1S/C20H23Cl2N3O3S/c1-29(27,28)24-8-6-23(7-9-24)12-16(26)13-25-19-4-2-14(21)10-17(19)18-11-15(22)3-5-20(18)25/h2-5,10-11,16,26H,6-9,12-13H2,1H3/t16-/m0/s1. The van der Waals surface area contributed by atoms with Crippen molar-refractivity contribution in [2.45, 2.75) is 12.6 Å². The average Bonchev–Trinajstić information content (AvgIpc) is 2.94. The van der Waals surface area contributed by atoms with E-state index in [0.29, 0.717) is 49.3 Å². The van der Waals surface area contributed by atoms with Gasteiger partial charge in [-0.15, -0.1) is 0 Å². The van der Waals surface area contributed by atoms with E-state index in [2.05, 4.69) is 9.47 Å². The molecule has 4 rings (SSSR count). The number of halogens is 2. The summed E-state index contributed by atoms with van der Waals surface area (Å²) in [4.78, 5) is 2.11. The highest BCUT2D eigenvalue weighted by atomic mass is 35.5. The lowest BCUT2D eigenvalue weighted by atomic mass is 10.1. The first-order valence-corrected chi connectivity index (χ1v) is 12.1. The Morgan fingerprint density at radius 2 is 1.45 bits per heavy atom. The Kier molecular flexibility index (Phi) is 5.81. The van der Waals surface area contributed by atoms with E-state index in [-0.39, 0.29) is 0 Å². The molecule has 156 valence electrons. The molecule has 0 radical (unpaired) electrons. The number of aliphatic hydroxyl groups is 1. The fraction of sp³-hybridized carbons (Fsp3) is 0.400. The summed E-state index contributed by atoms with van der Waals surface area (Å²) in [5.41, 5.74) is 1.99. The first kappa shape index (κ1) is 20.9. The van der Waals surface area contributed by atoms with Crippen molar-refractivity contribution >= 4 is 55.0 Å². The van der Waals surface area contributed by atoms with E-state index in [1.807, 2.05) is 36.4 Å². The second kappa shape index (κ2) is 8.06. The van der Waals surface area contributed by atoms with Crippen molar-refractivity contribution < 1.29 is 13.5 Å². The molecule has 2 heterocycles. The molecule has 0 aliphatic carbocycles. The van der Waals surface area contributed by atoms with Gasteiger partial charge in [0.05, 0.1) is 18.9 Å². The summed E-state index contributed by atoms with van der Waals surface area (Å²) in [6, 6.07) is 11.5. The number of aliphatic hydroxyl groups excluding tert-OH is 1. The summed E-state index contributed by atoms with van der Waals surface area (Å²) >= 11 is 12.4. The Morgan fingerprint density at radius 3 is 1.93 bits per heavy atom. The summed E-state index contributed by atoms with van der Waals surface area (Å²) in [6.07, 6.45) is 0.642. The maximum Gasteiger partial charge on any atom is 0.211 e. The molecule has 29 heavy (non-hydrogen) atoms. The van der Waals surface area contributed by atoms with Crippen LogP contribution in [0.4, 0.5) is 0 Å². The van der Waals surface area contributed by atoms with E-state index in [1.54, 1.807) is 0 Å². The zero-order chi connectivity index (χ0) is 20.8. The molecule has 0 amide bonds. The van der Waals surface area contributed by atoms with Gasteiger partial charge in [0.25, 0.3) is 0 Å². The molecule has 1 aromatic heterocycles. The molecule has 1 aliphatic rings. The molecule has 1 atom stereocenters. The lowest BCUT2D eigenvalue weighted by Crippen LogP contribution is -2.50. The average molecular weight is 456 g/mol. The van der Waals surface area contributed by atoms with Crippen LogP contribution in [0.3, 0.4) is 0 Å². The Hall–Kier alpha value is -1.35. The topological polar surface area (TPSA) is 65.8 Å². The fourth-order valence-electron chi connectivity index (χ4n) is 4.06. The van der Waals surface area contributed by atoms with Crippen LogP contribution in [0.2, 0.25) is 10.0 Å². The highest BCUT2D eigenvalue weighted by Crippen LogP contribution is 2.33. The third-order valence-corrected chi connectivity index (χ3v) is 7.22. The van der Waals surface area contributed by atoms with E-state index in [4.69, 9.17) is 23.2 Å². The SMILES string of the molecule is CS(=O)(=O)N1CCN(C[C@H](O)Cn2c3ccc(Cl)cc3c3cc(Cl)ccc32)CC1. The highest BCUT2D eigenvalue weighted by molar-refractivity contribution is 7.88. The number of fused-ring (bicyclic) bond motifs is 3. The number of sulfonamides is 1. The van der Waals surface area contributed by atoms with Gasteiger partial charge in [-0.1, -0.05) is 23.2 Å². The molecule has 0 unspecified atom stereocenters. The van der Waals surface area contributed by atoms with Crippen LogP contribution in [-0.2, 0) is 16.6 Å². The summed E-state index contributed by atoms with van der Waals surface area (Å²) in [7, 11) is -3.16. The van der Waals surface area contributed by atoms with Crippen LogP contribution in [0.25, 0.3) is 21.8 Å². The number of rotatable bonds is 5. The Morgan fingerprint density at radius 1 is 0.931 bits per heavy atom. The van der Waals surface area contributed by atoms with E-state index in [9.17, 15) is 13.5 Å². The van der Waals surface area contributed by atoms with Gasteiger partial charge in [0.15, 0.2) is 0 Å². The molecule has 3 aromatic rings. The van der Waals surface area contributed by atoms with Gasteiger partial charge >= 0.3 is 0 Å². The molecular formula is C20H23Cl2N3O3S. The molecule has 0 saturated carbocycles. The lowest BCUT2D eigenvalue weighted by molar-refractivity contribution is 0.0824. The lowest BCUT2D eigenvalue weighted by Gasteiger charge is -2.34. The van der Waals surface area contributed by atoms with Crippen LogP contribution < -0.4 is 0 Å². The van der Waals surface area contributed by atoms with Gasteiger partial charge in [0.1, 0.15) is 0 Å². The molecule has 1 fully saturated rings. The highest BCUT2D eigenvalue weighted by Gasteiger charge is 2.25. The van der Waals surface area contributed by atoms with Crippen LogP contribution >= 0.6 is 23.2 Å². The van der Waals surface area contributed by atoms with Crippen LogP contribution in [0, 0.1) is 0 Å². The van der Waals surface area contributed by atoms with Crippen LogP contribution in [0.15, 0.2) is 36.4 Å². The summed E-state index contributed by atoms with van der Waals surface area (Å²) in [5.74, 6) is 0. The smallest absolute Gasteiger partial charge is 0.211 e. The number of aromatic nitrogens is 1. The third-order valence-electron chi connectivity index (χ3n) is 5.45. The monoisotopic (exact) mass is 455 g/mol. The summed E-state index contributed by atoms with van der Waals surface area (Å²) in [6.45, 7) is 3.05. The summed E-state index contributed by atoms with van der Waals surface area (Å²) in [5, 5.41) is 14.1. The minimum Gasteiger partial charge on any atom is -0.390 e. The van der Waals surface area contributed by atoms with Crippen molar-refractivity contribution in [2.75, 3.05) is 39.0 Å². The first-order chi connectivity index (χ1) is 13.7. The second-order valence-electron chi connectivity index (χ2n) is 7.55. The maximum atomic E-state index is 11.7. The molecule has 6 nitrogen and oxygen atoms in total. The van der Waals surface area contributed by atoms with E-state index < -0.39 is 16.1 Å². The van der Waals surface area contributed by atoms with E-state index in [0.717, 1.165) is 21.8 Å². The third kappa shape index (κ3) is 4.40. The van der Waals surface area contributed by atoms with Crippen LogP contribution in [-0.4, -0.2) is 72.4 Å². The van der Waals surface area contributed by atoms with Crippen molar-refractivity contribution in [1.82, 2.24) is 13.8 Å². The Balaban J connectivity index is 1.55. The number of piperazine rings is 1. The van der Waals surface area contributed by atoms with Crippen LogP contribution in [0.5, 0.6) is 0 Å². The van der Waals surface area contributed by atoms with Crippen LogP contribution in [0.1, 0.15) is 0 Å². The zero-order valence-electron chi connectivity index (χ0n) is 16.1. The molecular weight excluding hydrogens is 433 g/mol. The molecule has 0 bridgehead atoms. The molecule has 9 heteroatoms. The predicted octanol–water partition coefficient (Wildman–Crippen LogP) is 3.04. The van der Waals surface area contributed by atoms with E-state index >= 15 is 0 Å². The van der Waals surface area contributed by atoms with Crippen molar-refractivity contribution in [3.8, 4) is 0 Å². The number of nitrogens with zero attached hydrogens (tertiary/aromatic N) is 3. The Bertz CT molecular complexity index is 1100. The second-order valence-corrected chi connectivity index (χ2v) is 10.4. The minimum atomic E-state index is -3.16. The van der Waals surface area contributed by atoms with Gasteiger partial charge in [0.2, 0.25) is 10.0 Å².